The zero-order chi connectivity index (χ0) is 11.5. The first kappa shape index (κ1) is 13.0. The lowest BCUT2D eigenvalue weighted by atomic mass is 9.86. The molecule has 2 nitrogen and oxygen atoms in total. The molecule has 1 aliphatic rings. The molecule has 3 atom stereocenters. The Kier molecular flexibility index (Phi) is 4.60. The fourth-order valence-electron chi connectivity index (χ4n) is 3.03. The topological polar surface area (TPSA) is 29.3 Å². The second-order valence-electron chi connectivity index (χ2n) is 5.49. The minimum atomic E-state index is 0.295. The van der Waals surface area contributed by atoms with Crippen molar-refractivity contribution in [3.8, 4) is 0 Å². The molecule has 0 aromatic carbocycles. The van der Waals surface area contributed by atoms with Crippen LogP contribution in [0.2, 0.25) is 0 Å². The Morgan fingerprint density at radius 1 is 1.53 bits per heavy atom. The van der Waals surface area contributed by atoms with Crippen LogP contribution in [0, 0.1) is 11.8 Å². The lowest BCUT2D eigenvalue weighted by Crippen LogP contribution is -2.55. The summed E-state index contributed by atoms with van der Waals surface area (Å²) in [5.74, 6) is 1.54. The summed E-state index contributed by atoms with van der Waals surface area (Å²) in [6.45, 7) is 8.98. The fourth-order valence-corrected chi connectivity index (χ4v) is 3.03. The van der Waals surface area contributed by atoms with E-state index in [9.17, 15) is 0 Å². The van der Waals surface area contributed by atoms with E-state index in [1.807, 2.05) is 0 Å². The summed E-state index contributed by atoms with van der Waals surface area (Å²) in [4.78, 5) is 2.54. The average Bonchev–Trinajstić information content (AvgIpc) is 2.60. The molecule has 2 heteroatoms. The number of hydrogen-bond acceptors (Lipinski definition) is 2. The molecule has 0 radical (unpaired) electrons. The van der Waals surface area contributed by atoms with Crippen LogP contribution in [-0.4, -0.2) is 30.6 Å². The molecule has 0 aromatic heterocycles. The molecular formula is C13H28N2. The number of nitrogens with zero attached hydrogens (tertiary/aromatic N) is 1. The summed E-state index contributed by atoms with van der Waals surface area (Å²) < 4.78 is 0. The molecule has 2 N–H and O–H groups in total. The van der Waals surface area contributed by atoms with Gasteiger partial charge in [0.2, 0.25) is 0 Å². The zero-order valence-electron chi connectivity index (χ0n) is 10.9. The smallest absolute Gasteiger partial charge is 0.0354 e. The molecule has 1 aliphatic carbocycles. The molecule has 1 rings (SSSR count). The van der Waals surface area contributed by atoms with E-state index in [0.717, 1.165) is 18.4 Å². The van der Waals surface area contributed by atoms with E-state index in [4.69, 9.17) is 5.73 Å². The monoisotopic (exact) mass is 212 g/mol. The Morgan fingerprint density at radius 3 is 2.60 bits per heavy atom. The molecule has 0 amide bonds. The van der Waals surface area contributed by atoms with Gasteiger partial charge in [-0.15, -0.1) is 0 Å². The number of likely N-dealkylation sites (N-methyl/N-ethyl adjacent to an activating group) is 1. The van der Waals surface area contributed by atoms with E-state index in [2.05, 4.69) is 32.7 Å². The van der Waals surface area contributed by atoms with Gasteiger partial charge in [-0.2, -0.15) is 0 Å². The normalized spacial score (nSPS) is 33.6. The van der Waals surface area contributed by atoms with Crippen LogP contribution >= 0.6 is 0 Å². The Balaban J connectivity index is 2.64. The highest BCUT2D eigenvalue weighted by atomic mass is 15.2. The first-order valence-corrected chi connectivity index (χ1v) is 6.48. The number of nitrogens with two attached hydrogens (primary N) is 1. The highest BCUT2D eigenvalue weighted by Gasteiger charge is 2.42. The van der Waals surface area contributed by atoms with Gasteiger partial charge in [0.05, 0.1) is 0 Å². The average molecular weight is 212 g/mol. The van der Waals surface area contributed by atoms with Gasteiger partial charge < -0.3 is 5.73 Å². The maximum absolute atomic E-state index is 6.04. The highest BCUT2D eigenvalue weighted by Crippen LogP contribution is 2.39. The third-order valence-corrected chi connectivity index (χ3v) is 4.56. The third kappa shape index (κ3) is 2.54. The summed E-state index contributed by atoms with van der Waals surface area (Å²) in [7, 11) is 2.26. The van der Waals surface area contributed by atoms with Crippen LogP contribution in [0.15, 0.2) is 0 Å². The van der Waals surface area contributed by atoms with Crippen LogP contribution in [0.1, 0.15) is 46.5 Å². The van der Waals surface area contributed by atoms with E-state index in [1.165, 1.54) is 32.2 Å². The summed E-state index contributed by atoms with van der Waals surface area (Å²) in [6.07, 6.45) is 5.25. The first-order chi connectivity index (χ1) is 7.06. The van der Waals surface area contributed by atoms with E-state index in [1.54, 1.807) is 0 Å². The lowest BCUT2D eigenvalue weighted by Gasteiger charge is -2.43. The predicted octanol–water partition coefficient (Wildman–Crippen LogP) is 2.48. The van der Waals surface area contributed by atoms with Gasteiger partial charge in [-0.3, -0.25) is 4.90 Å². The van der Waals surface area contributed by atoms with Gasteiger partial charge in [0, 0.05) is 18.6 Å². The van der Waals surface area contributed by atoms with Crippen LogP contribution < -0.4 is 5.73 Å². The Bertz CT molecular complexity index is 193. The molecule has 0 heterocycles. The van der Waals surface area contributed by atoms with Gasteiger partial charge in [-0.05, 0) is 31.7 Å². The fraction of sp³-hybridized carbons (Fsp3) is 1.00. The van der Waals surface area contributed by atoms with Gasteiger partial charge >= 0.3 is 0 Å². The molecule has 0 aromatic rings. The lowest BCUT2D eigenvalue weighted by molar-refractivity contribution is 0.0767. The second-order valence-corrected chi connectivity index (χ2v) is 5.49. The van der Waals surface area contributed by atoms with Crippen LogP contribution in [0.25, 0.3) is 0 Å². The molecule has 1 fully saturated rings. The van der Waals surface area contributed by atoms with Crippen molar-refractivity contribution in [1.29, 1.82) is 0 Å². The molecule has 0 bridgehead atoms. The van der Waals surface area contributed by atoms with Gasteiger partial charge in [0.25, 0.3) is 0 Å². The van der Waals surface area contributed by atoms with Gasteiger partial charge in [0.1, 0.15) is 0 Å². The highest BCUT2D eigenvalue weighted by molar-refractivity contribution is 4.99. The van der Waals surface area contributed by atoms with E-state index in [0.29, 0.717) is 5.54 Å². The minimum Gasteiger partial charge on any atom is -0.329 e. The molecule has 3 unspecified atom stereocenters. The van der Waals surface area contributed by atoms with Crippen molar-refractivity contribution in [2.75, 3.05) is 20.1 Å². The van der Waals surface area contributed by atoms with Crippen molar-refractivity contribution < 1.29 is 0 Å². The maximum Gasteiger partial charge on any atom is 0.0354 e. The van der Waals surface area contributed by atoms with Crippen molar-refractivity contribution in [2.24, 2.45) is 17.6 Å². The SMILES string of the molecule is CCC(C)CN(C)C1(CN)CCCC1C. The van der Waals surface area contributed by atoms with Crippen LogP contribution in [-0.2, 0) is 0 Å². The Hall–Kier alpha value is -0.0800. The quantitative estimate of drug-likeness (QED) is 0.758. The van der Waals surface area contributed by atoms with Crippen molar-refractivity contribution in [3.05, 3.63) is 0 Å². The summed E-state index contributed by atoms with van der Waals surface area (Å²) >= 11 is 0. The molecule has 0 saturated heterocycles. The van der Waals surface area contributed by atoms with Crippen molar-refractivity contribution in [3.63, 3.8) is 0 Å². The standard InChI is InChI=1S/C13H28N2/c1-5-11(2)9-15(4)13(10-14)8-6-7-12(13)3/h11-12H,5-10,14H2,1-4H3. The third-order valence-electron chi connectivity index (χ3n) is 4.56. The molecule has 90 valence electrons. The van der Waals surface area contributed by atoms with Gasteiger partial charge in [-0.25, -0.2) is 0 Å². The van der Waals surface area contributed by atoms with Crippen LogP contribution in [0.3, 0.4) is 0 Å². The molecule has 0 spiro atoms. The van der Waals surface area contributed by atoms with E-state index in [-0.39, 0.29) is 0 Å². The second kappa shape index (κ2) is 5.31. The van der Waals surface area contributed by atoms with Crippen molar-refractivity contribution in [1.82, 2.24) is 4.90 Å². The molecule has 0 aliphatic heterocycles. The summed E-state index contributed by atoms with van der Waals surface area (Å²) in [5.41, 5.74) is 6.33. The molecule has 15 heavy (non-hydrogen) atoms. The van der Waals surface area contributed by atoms with Crippen LogP contribution in [0.5, 0.6) is 0 Å². The van der Waals surface area contributed by atoms with E-state index >= 15 is 0 Å². The van der Waals surface area contributed by atoms with Gasteiger partial charge in [0.15, 0.2) is 0 Å². The number of rotatable bonds is 5. The van der Waals surface area contributed by atoms with Crippen LogP contribution in [0.4, 0.5) is 0 Å². The van der Waals surface area contributed by atoms with E-state index < -0.39 is 0 Å². The minimum absolute atomic E-state index is 0.295. The van der Waals surface area contributed by atoms with Crippen molar-refractivity contribution in [2.45, 2.75) is 52.0 Å². The summed E-state index contributed by atoms with van der Waals surface area (Å²) in [5, 5.41) is 0. The summed E-state index contributed by atoms with van der Waals surface area (Å²) in [6, 6.07) is 0. The molecule has 1 saturated carbocycles. The largest absolute Gasteiger partial charge is 0.329 e. The zero-order valence-corrected chi connectivity index (χ0v) is 10.9. The van der Waals surface area contributed by atoms with Crippen molar-refractivity contribution >= 4 is 0 Å². The maximum atomic E-state index is 6.04. The molecular weight excluding hydrogens is 184 g/mol. The first-order valence-electron chi connectivity index (χ1n) is 6.48. The van der Waals surface area contributed by atoms with Gasteiger partial charge in [-0.1, -0.05) is 33.6 Å². The Morgan fingerprint density at radius 2 is 2.20 bits per heavy atom. The number of hydrogen-bond donors (Lipinski definition) is 1. The Labute approximate surface area is 95.2 Å². The predicted molar refractivity (Wildman–Crippen MR) is 66.9 cm³/mol.